The Morgan fingerprint density at radius 1 is 1.21 bits per heavy atom. The summed E-state index contributed by atoms with van der Waals surface area (Å²) in [6.45, 7) is 3.15. The van der Waals surface area contributed by atoms with E-state index in [2.05, 4.69) is 20.5 Å². The van der Waals surface area contributed by atoms with Crippen LogP contribution in [0, 0.1) is 13.8 Å². The number of thioether (sulfide) groups is 1. The molecule has 2 N–H and O–H groups in total. The number of nitrogens with one attached hydrogen (secondary N) is 1. The molecule has 148 valence electrons. The third kappa shape index (κ3) is 6.99. The zero-order valence-corrected chi connectivity index (χ0v) is 17.2. The minimum absolute atomic E-state index is 0.0665. The van der Waals surface area contributed by atoms with Crippen molar-refractivity contribution >= 4 is 53.1 Å². The van der Waals surface area contributed by atoms with E-state index in [1.807, 2.05) is 19.9 Å². The van der Waals surface area contributed by atoms with Crippen molar-refractivity contribution in [1.82, 2.24) is 15.4 Å². The monoisotopic (exact) mass is 442 g/mol. The summed E-state index contributed by atoms with van der Waals surface area (Å²) in [6.07, 6.45) is 1.36. The molecule has 1 heterocycles. The fraction of sp³-hybridized carbons (Fsp3) is 0.235. The maximum Gasteiger partial charge on any atom is 0.341 e. The molecule has 0 fully saturated rings. The summed E-state index contributed by atoms with van der Waals surface area (Å²) in [5.74, 6) is -1.31. The zero-order chi connectivity index (χ0) is 20.7. The van der Waals surface area contributed by atoms with Crippen molar-refractivity contribution in [2.24, 2.45) is 5.10 Å². The van der Waals surface area contributed by atoms with Crippen molar-refractivity contribution < 1.29 is 19.4 Å². The second-order valence-corrected chi connectivity index (χ2v) is 7.27. The van der Waals surface area contributed by atoms with Gasteiger partial charge in [-0.2, -0.15) is 5.10 Å². The second kappa shape index (κ2) is 10.3. The smallest absolute Gasteiger partial charge is 0.341 e. The van der Waals surface area contributed by atoms with Crippen LogP contribution < -0.4 is 10.2 Å². The number of hydrogen-bond donors (Lipinski definition) is 2. The van der Waals surface area contributed by atoms with Gasteiger partial charge in [0, 0.05) is 11.4 Å². The fourth-order valence-electron chi connectivity index (χ4n) is 2.03. The van der Waals surface area contributed by atoms with E-state index in [0.29, 0.717) is 10.7 Å². The number of hydrazone groups is 1. The molecule has 0 atom stereocenters. The van der Waals surface area contributed by atoms with Crippen LogP contribution in [0.1, 0.15) is 17.0 Å². The van der Waals surface area contributed by atoms with Gasteiger partial charge in [-0.1, -0.05) is 35.0 Å². The van der Waals surface area contributed by atoms with E-state index < -0.39 is 12.6 Å². The van der Waals surface area contributed by atoms with Gasteiger partial charge in [-0.25, -0.2) is 20.2 Å². The van der Waals surface area contributed by atoms with Crippen LogP contribution in [0.25, 0.3) is 0 Å². The minimum Gasteiger partial charge on any atom is -0.479 e. The van der Waals surface area contributed by atoms with Crippen LogP contribution >= 0.6 is 35.0 Å². The summed E-state index contributed by atoms with van der Waals surface area (Å²) in [4.78, 5) is 30.9. The Labute approximate surface area is 175 Å². The van der Waals surface area contributed by atoms with Crippen LogP contribution in [0.3, 0.4) is 0 Å². The Balaban J connectivity index is 1.91. The molecule has 0 unspecified atom stereocenters. The standard InChI is InChI=1S/C17H16Cl2N4O4S/c1-9-3-10(2)22-17(21-9)28-8-14(24)23-20-6-11-4-12(18)16(13(19)5-11)27-7-15(25)26/h3-6H,7-8H2,1-2H3,(H,23,24)(H,25,26)/b20-6-. The van der Waals surface area contributed by atoms with Crippen LogP contribution in [0.15, 0.2) is 28.5 Å². The molecule has 11 heteroatoms. The van der Waals surface area contributed by atoms with E-state index in [4.69, 9.17) is 33.0 Å². The van der Waals surface area contributed by atoms with Crippen molar-refractivity contribution in [2.45, 2.75) is 19.0 Å². The van der Waals surface area contributed by atoms with Gasteiger partial charge in [0.25, 0.3) is 5.91 Å². The highest BCUT2D eigenvalue weighted by Crippen LogP contribution is 2.33. The van der Waals surface area contributed by atoms with Crippen molar-refractivity contribution in [3.8, 4) is 5.75 Å². The van der Waals surface area contributed by atoms with Crippen LogP contribution in [0.4, 0.5) is 0 Å². The highest BCUT2D eigenvalue weighted by atomic mass is 35.5. The zero-order valence-electron chi connectivity index (χ0n) is 14.9. The number of aliphatic carboxylic acids is 1. The number of rotatable bonds is 8. The SMILES string of the molecule is Cc1cc(C)nc(SCC(=O)N/N=C\c2cc(Cl)c(OCC(=O)O)c(Cl)c2)n1. The molecule has 1 aromatic carbocycles. The summed E-state index contributed by atoms with van der Waals surface area (Å²) in [7, 11) is 0. The summed E-state index contributed by atoms with van der Waals surface area (Å²) in [6, 6.07) is 4.82. The quantitative estimate of drug-likeness (QED) is 0.279. The van der Waals surface area contributed by atoms with E-state index in [0.717, 1.165) is 11.4 Å². The van der Waals surface area contributed by atoms with E-state index in [1.165, 1.54) is 30.1 Å². The molecule has 0 bridgehead atoms. The first-order chi connectivity index (χ1) is 13.2. The summed E-state index contributed by atoms with van der Waals surface area (Å²) in [5.41, 5.74) is 4.55. The molecule has 2 rings (SSSR count). The van der Waals surface area contributed by atoms with Gasteiger partial charge in [0.1, 0.15) is 0 Å². The first-order valence-electron chi connectivity index (χ1n) is 7.85. The van der Waals surface area contributed by atoms with Gasteiger partial charge in [0.05, 0.1) is 22.0 Å². The van der Waals surface area contributed by atoms with Gasteiger partial charge in [-0.05, 0) is 37.6 Å². The van der Waals surface area contributed by atoms with Crippen LogP contribution in [-0.4, -0.2) is 45.5 Å². The van der Waals surface area contributed by atoms with Crippen molar-refractivity contribution in [3.05, 3.63) is 45.2 Å². The van der Waals surface area contributed by atoms with Gasteiger partial charge < -0.3 is 9.84 Å². The number of aromatic nitrogens is 2. The predicted molar refractivity (Wildman–Crippen MR) is 108 cm³/mol. The molecule has 8 nitrogen and oxygen atoms in total. The molecule has 1 amide bonds. The van der Waals surface area contributed by atoms with Crippen LogP contribution in [0.2, 0.25) is 10.0 Å². The molecule has 28 heavy (non-hydrogen) atoms. The fourth-order valence-corrected chi connectivity index (χ4v) is 3.38. The van der Waals surface area contributed by atoms with E-state index in [1.54, 1.807) is 0 Å². The summed E-state index contributed by atoms with van der Waals surface area (Å²) >= 11 is 13.3. The Bertz CT molecular complexity index is 881. The third-order valence-electron chi connectivity index (χ3n) is 3.06. The Morgan fingerprint density at radius 3 is 2.39 bits per heavy atom. The highest BCUT2D eigenvalue weighted by Gasteiger charge is 2.11. The third-order valence-corrected chi connectivity index (χ3v) is 4.47. The maximum atomic E-state index is 11.9. The van der Waals surface area contributed by atoms with Gasteiger partial charge in [-0.3, -0.25) is 4.79 Å². The van der Waals surface area contributed by atoms with Crippen LogP contribution in [-0.2, 0) is 9.59 Å². The molecule has 2 aromatic rings. The van der Waals surface area contributed by atoms with Crippen molar-refractivity contribution in [2.75, 3.05) is 12.4 Å². The summed E-state index contributed by atoms with van der Waals surface area (Å²) < 4.78 is 5.03. The van der Waals surface area contributed by atoms with Gasteiger partial charge in [-0.15, -0.1) is 0 Å². The van der Waals surface area contributed by atoms with Crippen LogP contribution in [0.5, 0.6) is 5.75 Å². The largest absolute Gasteiger partial charge is 0.479 e. The van der Waals surface area contributed by atoms with Crippen molar-refractivity contribution in [3.63, 3.8) is 0 Å². The molecule has 0 saturated heterocycles. The number of carbonyl (C=O) groups is 2. The Hall–Kier alpha value is -2.36. The number of carboxylic acid groups (broad SMARTS) is 1. The van der Waals surface area contributed by atoms with E-state index in [-0.39, 0.29) is 27.5 Å². The topological polar surface area (TPSA) is 114 Å². The molecular formula is C17H16Cl2N4O4S. The average molecular weight is 443 g/mol. The minimum atomic E-state index is -1.15. The van der Waals surface area contributed by atoms with Gasteiger partial charge >= 0.3 is 5.97 Å². The molecule has 0 spiro atoms. The molecule has 0 radical (unpaired) electrons. The highest BCUT2D eigenvalue weighted by molar-refractivity contribution is 7.99. The lowest BCUT2D eigenvalue weighted by Gasteiger charge is -2.08. The van der Waals surface area contributed by atoms with Gasteiger partial charge in [0.15, 0.2) is 17.5 Å². The van der Waals surface area contributed by atoms with Gasteiger partial charge in [0.2, 0.25) is 0 Å². The number of ether oxygens (including phenoxy) is 1. The first-order valence-corrected chi connectivity index (χ1v) is 9.59. The number of carbonyl (C=O) groups excluding carboxylic acids is 1. The number of amides is 1. The lowest BCUT2D eigenvalue weighted by atomic mass is 10.2. The molecule has 1 aromatic heterocycles. The lowest BCUT2D eigenvalue weighted by molar-refractivity contribution is -0.139. The number of halogens is 2. The number of hydrogen-bond acceptors (Lipinski definition) is 7. The summed E-state index contributed by atoms with van der Waals surface area (Å²) in [5, 5.41) is 13.3. The number of aryl methyl sites for hydroxylation is 2. The average Bonchev–Trinajstić information content (AvgIpc) is 2.58. The van der Waals surface area contributed by atoms with E-state index in [9.17, 15) is 9.59 Å². The molecular weight excluding hydrogens is 427 g/mol. The predicted octanol–water partition coefficient (Wildman–Crippen LogP) is 3.11. The molecule has 0 aliphatic heterocycles. The number of benzene rings is 1. The first kappa shape index (κ1) is 21.9. The Kier molecular flexibility index (Phi) is 8.04. The molecule has 0 aliphatic rings. The van der Waals surface area contributed by atoms with E-state index >= 15 is 0 Å². The molecule has 0 aliphatic carbocycles. The molecule has 0 saturated carbocycles. The van der Waals surface area contributed by atoms with Crippen molar-refractivity contribution in [1.29, 1.82) is 0 Å². The number of nitrogens with zero attached hydrogens (tertiary/aromatic N) is 3. The number of carboxylic acids is 1. The normalized spacial score (nSPS) is 10.9. The maximum absolute atomic E-state index is 11.9. The Morgan fingerprint density at radius 2 is 1.82 bits per heavy atom. The second-order valence-electron chi connectivity index (χ2n) is 5.51. The lowest BCUT2D eigenvalue weighted by Crippen LogP contribution is -2.19.